The fraction of sp³-hybridized carbons (Fsp3) is 0.0588. The van der Waals surface area contributed by atoms with Gasteiger partial charge in [-0.25, -0.2) is 0 Å². The summed E-state index contributed by atoms with van der Waals surface area (Å²) in [5.41, 5.74) is 5.71. The molecule has 0 nitrogen and oxygen atoms in total. The van der Waals surface area contributed by atoms with E-state index in [1.165, 1.54) is 33.0 Å². The average molecular weight is 295 g/mol. The maximum atomic E-state index is 3.58. The highest BCUT2D eigenvalue weighted by Crippen LogP contribution is 2.40. The molecule has 0 heterocycles. The third-order valence-electron chi connectivity index (χ3n) is 3.77. The SMILES string of the molecule is Brc1ccc2ccc3c(c2c1)Cc1ccccc1-3. The molecule has 0 radical (unpaired) electrons. The third kappa shape index (κ3) is 1.37. The van der Waals surface area contributed by atoms with E-state index in [0.29, 0.717) is 0 Å². The van der Waals surface area contributed by atoms with Gasteiger partial charge in [-0.15, -0.1) is 0 Å². The van der Waals surface area contributed by atoms with Gasteiger partial charge < -0.3 is 0 Å². The molecule has 0 bridgehead atoms. The lowest BCUT2D eigenvalue weighted by Gasteiger charge is -2.06. The molecule has 4 rings (SSSR count). The summed E-state index contributed by atoms with van der Waals surface area (Å²) in [5.74, 6) is 0. The molecule has 1 heteroatoms. The zero-order valence-corrected chi connectivity index (χ0v) is 11.4. The summed E-state index contributed by atoms with van der Waals surface area (Å²) in [5, 5.41) is 2.70. The summed E-state index contributed by atoms with van der Waals surface area (Å²) in [6.07, 6.45) is 1.05. The van der Waals surface area contributed by atoms with Crippen molar-refractivity contribution in [3.05, 3.63) is 70.2 Å². The molecule has 0 fully saturated rings. The lowest BCUT2D eigenvalue weighted by molar-refractivity contribution is 1.28. The van der Waals surface area contributed by atoms with Gasteiger partial charge in [-0.2, -0.15) is 0 Å². The van der Waals surface area contributed by atoms with Crippen LogP contribution < -0.4 is 0 Å². The number of hydrogen-bond acceptors (Lipinski definition) is 0. The molecular formula is C17H11Br. The number of fused-ring (bicyclic) bond motifs is 5. The maximum Gasteiger partial charge on any atom is 0.0181 e. The van der Waals surface area contributed by atoms with Crippen molar-refractivity contribution >= 4 is 26.7 Å². The van der Waals surface area contributed by atoms with Crippen molar-refractivity contribution in [1.29, 1.82) is 0 Å². The van der Waals surface area contributed by atoms with Gasteiger partial charge >= 0.3 is 0 Å². The van der Waals surface area contributed by atoms with E-state index < -0.39 is 0 Å². The van der Waals surface area contributed by atoms with Crippen LogP contribution in [0.5, 0.6) is 0 Å². The van der Waals surface area contributed by atoms with Crippen molar-refractivity contribution in [1.82, 2.24) is 0 Å². The maximum absolute atomic E-state index is 3.58. The molecule has 0 N–H and O–H groups in total. The van der Waals surface area contributed by atoms with Crippen LogP contribution in [0.2, 0.25) is 0 Å². The monoisotopic (exact) mass is 294 g/mol. The van der Waals surface area contributed by atoms with E-state index in [1.54, 1.807) is 0 Å². The standard InChI is InChI=1S/C17H11Br/c18-13-7-5-11-6-8-15-14-4-2-1-3-12(14)9-17(15)16(11)10-13/h1-8,10H,9H2. The predicted molar refractivity (Wildman–Crippen MR) is 79.9 cm³/mol. The molecular weight excluding hydrogens is 284 g/mol. The average Bonchev–Trinajstić information content (AvgIpc) is 2.78. The largest absolute Gasteiger partial charge is 0.0619 e. The Labute approximate surface area is 114 Å². The first-order valence-corrected chi connectivity index (χ1v) is 6.92. The van der Waals surface area contributed by atoms with E-state index >= 15 is 0 Å². The molecule has 1 aliphatic carbocycles. The summed E-state index contributed by atoms with van der Waals surface area (Å²) in [6, 6.07) is 19.7. The third-order valence-corrected chi connectivity index (χ3v) is 4.26. The zero-order chi connectivity index (χ0) is 12.1. The van der Waals surface area contributed by atoms with Gasteiger partial charge in [-0.3, -0.25) is 0 Å². The smallest absolute Gasteiger partial charge is 0.0181 e. The molecule has 0 saturated heterocycles. The Balaban J connectivity index is 2.09. The van der Waals surface area contributed by atoms with E-state index in [-0.39, 0.29) is 0 Å². The Morgan fingerprint density at radius 1 is 0.833 bits per heavy atom. The van der Waals surface area contributed by atoms with Crippen LogP contribution in [0.25, 0.3) is 21.9 Å². The van der Waals surface area contributed by atoms with Crippen molar-refractivity contribution in [2.24, 2.45) is 0 Å². The quantitative estimate of drug-likeness (QED) is 0.419. The highest BCUT2D eigenvalue weighted by atomic mass is 79.9. The first-order valence-electron chi connectivity index (χ1n) is 6.12. The first kappa shape index (κ1) is 10.3. The van der Waals surface area contributed by atoms with Gasteiger partial charge in [0, 0.05) is 4.47 Å². The second-order valence-electron chi connectivity index (χ2n) is 4.79. The van der Waals surface area contributed by atoms with Gasteiger partial charge in [0.1, 0.15) is 0 Å². The Morgan fingerprint density at radius 2 is 1.67 bits per heavy atom. The topological polar surface area (TPSA) is 0 Å². The summed E-state index contributed by atoms with van der Waals surface area (Å²) < 4.78 is 1.15. The molecule has 0 unspecified atom stereocenters. The van der Waals surface area contributed by atoms with Crippen LogP contribution in [0.1, 0.15) is 11.1 Å². The van der Waals surface area contributed by atoms with Gasteiger partial charge in [0.2, 0.25) is 0 Å². The van der Waals surface area contributed by atoms with E-state index in [9.17, 15) is 0 Å². The highest BCUT2D eigenvalue weighted by Gasteiger charge is 2.19. The number of hydrogen-bond donors (Lipinski definition) is 0. The minimum Gasteiger partial charge on any atom is -0.0619 e. The van der Waals surface area contributed by atoms with Gasteiger partial charge in [-0.05, 0) is 51.6 Å². The van der Waals surface area contributed by atoms with Gasteiger partial charge in [0.25, 0.3) is 0 Å². The van der Waals surface area contributed by atoms with Crippen LogP contribution in [-0.2, 0) is 6.42 Å². The fourth-order valence-electron chi connectivity index (χ4n) is 2.92. The number of halogens is 1. The molecule has 0 spiro atoms. The summed E-state index contributed by atoms with van der Waals surface area (Å²) in [7, 11) is 0. The molecule has 18 heavy (non-hydrogen) atoms. The Bertz CT molecular complexity index is 772. The van der Waals surface area contributed by atoms with Crippen LogP contribution in [0, 0.1) is 0 Å². The van der Waals surface area contributed by atoms with Crippen LogP contribution >= 0.6 is 15.9 Å². The van der Waals surface area contributed by atoms with E-state index in [2.05, 4.69) is 70.5 Å². The van der Waals surface area contributed by atoms with Crippen molar-refractivity contribution in [2.75, 3.05) is 0 Å². The van der Waals surface area contributed by atoms with Crippen LogP contribution in [0.15, 0.2) is 59.1 Å². The predicted octanol–water partition coefficient (Wildman–Crippen LogP) is 5.17. The zero-order valence-electron chi connectivity index (χ0n) is 9.78. The second-order valence-corrected chi connectivity index (χ2v) is 5.71. The van der Waals surface area contributed by atoms with Crippen molar-refractivity contribution < 1.29 is 0 Å². The minimum atomic E-state index is 1.05. The summed E-state index contributed by atoms with van der Waals surface area (Å²) in [4.78, 5) is 0. The van der Waals surface area contributed by atoms with Crippen molar-refractivity contribution in [2.45, 2.75) is 6.42 Å². The number of rotatable bonds is 0. The number of benzene rings is 3. The van der Waals surface area contributed by atoms with E-state index in [4.69, 9.17) is 0 Å². The molecule has 1 aliphatic rings. The molecule has 0 atom stereocenters. The molecule has 0 saturated carbocycles. The molecule has 0 amide bonds. The van der Waals surface area contributed by atoms with Gasteiger partial charge in [0.15, 0.2) is 0 Å². The lowest BCUT2D eigenvalue weighted by atomic mass is 9.99. The lowest BCUT2D eigenvalue weighted by Crippen LogP contribution is -1.84. The van der Waals surface area contributed by atoms with Crippen LogP contribution in [-0.4, -0.2) is 0 Å². The normalized spacial score (nSPS) is 12.5. The molecule has 3 aromatic carbocycles. The van der Waals surface area contributed by atoms with Crippen molar-refractivity contribution in [3.8, 4) is 11.1 Å². The first-order chi connectivity index (χ1) is 8.83. The van der Waals surface area contributed by atoms with Crippen LogP contribution in [0.4, 0.5) is 0 Å². The van der Waals surface area contributed by atoms with E-state index in [1.807, 2.05) is 0 Å². The fourth-order valence-corrected chi connectivity index (χ4v) is 3.29. The Hall–Kier alpha value is -1.60. The molecule has 86 valence electrons. The summed E-state index contributed by atoms with van der Waals surface area (Å²) >= 11 is 3.58. The Kier molecular flexibility index (Phi) is 2.12. The Morgan fingerprint density at radius 3 is 2.61 bits per heavy atom. The second kappa shape index (κ2) is 3.69. The highest BCUT2D eigenvalue weighted by molar-refractivity contribution is 9.10. The minimum absolute atomic E-state index is 1.05. The molecule has 3 aromatic rings. The van der Waals surface area contributed by atoms with Gasteiger partial charge in [0.05, 0.1) is 0 Å². The summed E-state index contributed by atoms with van der Waals surface area (Å²) in [6.45, 7) is 0. The van der Waals surface area contributed by atoms with Crippen LogP contribution in [0.3, 0.4) is 0 Å². The van der Waals surface area contributed by atoms with Crippen molar-refractivity contribution in [3.63, 3.8) is 0 Å². The van der Waals surface area contributed by atoms with Gasteiger partial charge in [-0.1, -0.05) is 58.4 Å². The molecule has 0 aromatic heterocycles. The molecule has 0 aliphatic heterocycles. The van der Waals surface area contributed by atoms with E-state index in [0.717, 1.165) is 10.9 Å².